The van der Waals surface area contributed by atoms with E-state index in [1.165, 1.54) is 11.3 Å². The van der Waals surface area contributed by atoms with Gasteiger partial charge in [-0.15, -0.1) is 0 Å². The highest BCUT2D eigenvalue weighted by Gasteiger charge is 2.42. The van der Waals surface area contributed by atoms with Crippen LogP contribution in [0.3, 0.4) is 0 Å². The van der Waals surface area contributed by atoms with Crippen LogP contribution in [0.5, 0.6) is 5.75 Å². The molecule has 0 spiro atoms. The molecule has 0 aromatic heterocycles. The fourth-order valence-electron chi connectivity index (χ4n) is 4.36. The lowest BCUT2D eigenvalue weighted by Crippen LogP contribution is -2.44. The zero-order valence-electron chi connectivity index (χ0n) is 14.5. The van der Waals surface area contributed by atoms with E-state index < -0.39 is 12.0 Å². The zero-order valence-corrected chi connectivity index (χ0v) is 15.3. The molecule has 1 atom stereocenters. The van der Waals surface area contributed by atoms with Gasteiger partial charge in [-0.2, -0.15) is 0 Å². The maximum Gasteiger partial charge on any atom is 0.326 e. The second kappa shape index (κ2) is 6.95. The van der Waals surface area contributed by atoms with Gasteiger partial charge in [-0.05, 0) is 24.5 Å². The molecule has 1 aliphatic carbocycles. The molecule has 2 aliphatic heterocycles. The molecular formula is C20H22ClNO4. The molecule has 6 heteroatoms. The average Bonchev–Trinajstić information content (AvgIpc) is 2.95. The summed E-state index contributed by atoms with van der Waals surface area (Å²) >= 11 is 6.25. The number of aliphatic carboxylic acids is 1. The van der Waals surface area contributed by atoms with Crippen molar-refractivity contribution >= 4 is 23.5 Å². The monoisotopic (exact) mass is 375 g/mol. The van der Waals surface area contributed by atoms with E-state index in [2.05, 4.69) is 0 Å². The Morgan fingerprint density at radius 1 is 1.31 bits per heavy atom. The molecule has 0 bridgehead atoms. The first-order chi connectivity index (χ1) is 12.5. The second-order valence-electron chi connectivity index (χ2n) is 7.45. The third-order valence-corrected chi connectivity index (χ3v) is 6.11. The van der Waals surface area contributed by atoms with Crippen molar-refractivity contribution in [1.29, 1.82) is 0 Å². The van der Waals surface area contributed by atoms with Crippen LogP contribution in [0, 0.1) is 5.92 Å². The fourth-order valence-corrected chi connectivity index (χ4v) is 4.60. The molecule has 1 aromatic carbocycles. The van der Waals surface area contributed by atoms with Gasteiger partial charge in [-0.3, -0.25) is 4.79 Å². The van der Waals surface area contributed by atoms with Gasteiger partial charge in [0.25, 0.3) is 5.91 Å². The number of amides is 1. The lowest BCUT2D eigenvalue weighted by molar-refractivity contribution is -0.149. The van der Waals surface area contributed by atoms with Crippen LogP contribution in [0.2, 0.25) is 5.02 Å². The lowest BCUT2D eigenvalue weighted by Gasteiger charge is -2.30. The Labute approximate surface area is 157 Å². The van der Waals surface area contributed by atoms with Gasteiger partial charge < -0.3 is 14.7 Å². The van der Waals surface area contributed by atoms with Crippen molar-refractivity contribution in [3.8, 4) is 5.75 Å². The van der Waals surface area contributed by atoms with E-state index in [4.69, 9.17) is 16.3 Å². The second-order valence-corrected chi connectivity index (χ2v) is 7.86. The number of fused-ring (bicyclic) bond motifs is 1. The first-order valence-electron chi connectivity index (χ1n) is 9.25. The third-order valence-electron chi connectivity index (χ3n) is 5.76. The summed E-state index contributed by atoms with van der Waals surface area (Å²) in [5, 5.41) is 10.4. The van der Waals surface area contributed by atoms with Crippen LogP contribution in [0.4, 0.5) is 0 Å². The molecule has 1 unspecified atom stereocenters. The predicted octanol–water partition coefficient (Wildman–Crippen LogP) is 3.79. The smallest absolute Gasteiger partial charge is 0.326 e. The van der Waals surface area contributed by atoms with Gasteiger partial charge in [0.2, 0.25) is 0 Å². The van der Waals surface area contributed by atoms with Crippen molar-refractivity contribution in [2.24, 2.45) is 5.92 Å². The van der Waals surface area contributed by atoms with Crippen molar-refractivity contribution in [2.45, 2.75) is 51.0 Å². The van der Waals surface area contributed by atoms with Crippen molar-refractivity contribution in [1.82, 2.24) is 4.90 Å². The van der Waals surface area contributed by atoms with Gasteiger partial charge in [-0.1, -0.05) is 49.8 Å². The Hall–Kier alpha value is -2.01. The molecule has 5 nitrogen and oxygen atoms in total. The minimum Gasteiger partial charge on any atom is -0.480 e. The van der Waals surface area contributed by atoms with Crippen LogP contribution in [0.1, 0.15) is 44.1 Å². The maximum absolute atomic E-state index is 12.9. The molecule has 0 radical (unpaired) electrons. The van der Waals surface area contributed by atoms with Crippen molar-refractivity contribution < 1.29 is 19.4 Å². The van der Waals surface area contributed by atoms with Crippen LogP contribution in [0.15, 0.2) is 29.5 Å². The zero-order chi connectivity index (χ0) is 18.3. The van der Waals surface area contributed by atoms with Gasteiger partial charge in [0.05, 0.1) is 0 Å². The number of rotatable bonds is 4. The average molecular weight is 376 g/mol. The van der Waals surface area contributed by atoms with E-state index in [9.17, 15) is 14.7 Å². The molecule has 1 N–H and O–H groups in total. The maximum atomic E-state index is 12.9. The SMILES string of the molecule is O=C(O)C(CC1CCCCC1)N1CC2=C(Oc3cccc(Cl)c3C2)C1=O. The highest BCUT2D eigenvalue weighted by Crippen LogP contribution is 2.39. The van der Waals surface area contributed by atoms with Gasteiger partial charge in [-0.25, -0.2) is 4.79 Å². The van der Waals surface area contributed by atoms with Gasteiger partial charge in [0.1, 0.15) is 11.8 Å². The molecule has 1 fully saturated rings. The molecule has 4 rings (SSSR count). The van der Waals surface area contributed by atoms with E-state index in [1.807, 2.05) is 0 Å². The van der Waals surface area contributed by atoms with E-state index in [1.54, 1.807) is 18.2 Å². The van der Waals surface area contributed by atoms with Gasteiger partial charge >= 0.3 is 5.97 Å². The molecule has 138 valence electrons. The van der Waals surface area contributed by atoms with E-state index in [0.29, 0.717) is 36.1 Å². The fraction of sp³-hybridized carbons (Fsp3) is 0.500. The van der Waals surface area contributed by atoms with Gasteiger partial charge in [0, 0.05) is 29.1 Å². The van der Waals surface area contributed by atoms with Crippen LogP contribution in [0.25, 0.3) is 0 Å². The largest absolute Gasteiger partial charge is 0.480 e. The number of hydrogen-bond acceptors (Lipinski definition) is 3. The topological polar surface area (TPSA) is 66.8 Å². The third kappa shape index (κ3) is 3.09. The normalized spacial score (nSPS) is 21.3. The summed E-state index contributed by atoms with van der Waals surface area (Å²) in [6.07, 6.45) is 6.68. The molecule has 3 aliphatic rings. The minimum absolute atomic E-state index is 0.287. The molecule has 26 heavy (non-hydrogen) atoms. The standard InChI is InChI=1S/C20H22ClNO4/c21-15-7-4-8-17-14(15)10-13-11-22(19(23)18(13)26-17)16(20(24)25)9-12-5-2-1-3-6-12/h4,7-8,12,16H,1-3,5-6,9-11H2,(H,24,25). The summed E-state index contributed by atoms with van der Waals surface area (Å²) in [7, 11) is 0. The van der Waals surface area contributed by atoms with Crippen LogP contribution in [-0.4, -0.2) is 34.5 Å². The number of carbonyl (C=O) groups excluding carboxylic acids is 1. The Morgan fingerprint density at radius 2 is 2.08 bits per heavy atom. The van der Waals surface area contributed by atoms with Crippen LogP contribution >= 0.6 is 11.6 Å². The number of carboxylic acid groups (broad SMARTS) is 1. The molecule has 2 heterocycles. The number of ether oxygens (including phenoxy) is 1. The van der Waals surface area contributed by atoms with E-state index in [-0.39, 0.29) is 11.7 Å². The molecule has 0 saturated heterocycles. The van der Waals surface area contributed by atoms with Crippen molar-refractivity contribution in [2.75, 3.05) is 6.54 Å². The predicted molar refractivity (Wildman–Crippen MR) is 97.1 cm³/mol. The molecule has 1 amide bonds. The summed E-state index contributed by atoms with van der Waals surface area (Å²) in [6, 6.07) is 4.58. The highest BCUT2D eigenvalue weighted by atomic mass is 35.5. The summed E-state index contributed by atoms with van der Waals surface area (Å²) in [4.78, 5) is 26.3. The number of carboxylic acids is 1. The van der Waals surface area contributed by atoms with Crippen LogP contribution < -0.4 is 4.74 Å². The summed E-state index contributed by atoms with van der Waals surface area (Å²) < 4.78 is 5.81. The first-order valence-corrected chi connectivity index (χ1v) is 9.63. The number of carbonyl (C=O) groups is 2. The number of hydrogen-bond donors (Lipinski definition) is 1. The summed E-state index contributed by atoms with van der Waals surface area (Å²) in [5.41, 5.74) is 1.69. The Morgan fingerprint density at radius 3 is 2.81 bits per heavy atom. The van der Waals surface area contributed by atoms with Crippen molar-refractivity contribution in [3.05, 3.63) is 40.1 Å². The highest BCUT2D eigenvalue weighted by molar-refractivity contribution is 6.31. The number of halogens is 1. The minimum atomic E-state index is -0.931. The number of benzene rings is 1. The van der Waals surface area contributed by atoms with Crippen molar-refractivity contribution in [3.63, 3.8) is 0 Å². The Balaban J connectivity index is 1.53. The summed E-state index contributed by atoms with van der Waals surface area (Å²) in [6.45, 7) is 0.308. The Bertz CT molecular complexity index is 782. The lowest BCUT2D eigenvalue weighted by atomic mass is 9.84. The van der Waals surface area contributed by atoms with Crippen LogP contribution in [-0.2, 0) is 16.0 Å². The first kappa shape index (κ1) is 17.4. The van der Waals surface area contributed by atoms with E-state index in [0.717, 1.165) is 36.8 Å². The van der Waals surface area contributed by atoms with E-state index >= 15 is 0 Å². The molecule has 1 aromatic rings. The Kier molecular flexibility index (Phi) is 4.65. The number of nitrogens with zero attached hydrogens (tertiary/aromatic N) is 1. The molecule has 1 saturated carbocycles. The molecular weight excluding hydrogens is 354 g/mol. The van der Waals surface area contributed by atoms with Gasteiger partial charge in [0.15, 0.2) is 5.76 Å². The quantitative estimate of drug-likeness (QED) is 0.869. The summed E-state index contributed by atoms with van der Waals surface area (Å²) in [5.74, 6) is 0.0104.